The maximum absolute atomic E-state index is 13.3. The number of fused-ring (bicyclic) bond motifs is 1. The molecule has 1 aromatic heterocycles. The molecule has 35 heavy (non-hydrogen) atoms. The van der Waals surface area contributed by atoms with Crippen LogP contribution in [0.2, 0.25) is 0 Å². The fourth-order valence-corrected chi connectivity index (χ4v) is 4.21. The quantitative estimate of drug-likeness (QED) is 0.339. The Kier molecular flexibility index (Phi) is 5.89. The highest BCUT2D eigenvalue weighted by Crippen LogP contribution is 2.26. The van der Waals surface area contributed by atoms with Gasteiger partial charge < -0.3 is 9.30 Å². The summed E-state index contributed by atoms with van der Waals surface area (Å²) in [5, 5.41) is 3.21. The highest BCUT2D eigenvalue weighted by atomic mass is 16.5. The van der Waals surface area contributed by atoms with E-state index in [1.54, 1.807) is 37.5 Å². The van der Waals surface area contributed by atoms with Crippen LogP contribution in [-0.4, -0.2) is 34.4 Å². The number of ether oxygens (including phenoxy) is 1. The Morgan fingerprint density at radius 1 is 0.829 bits per heavy atom. The Morgan fingerprint density at radius 2 is 1.51 bits per heavy atom. The first-order chi connectivity index (χ1) is 17.0. The summed E-state index contributed by atoms with van der Waals surface area (Å²) in [4.78, 5) is 39.4. The predicted octanol–water partition coefficient (Wildman–Crippen LogP) is 4.36. The number of carbonyl (C=O) groups excluding carboxylic acids is 3. The van der Waals surface area contributed by atoms with Gasteiger partial charge >= 0.3 is 6.03 Å². The number of para-hydroxylation sites is 1. The van der Waals surface area contributed by atoms with Gasteiger partial charge in [-0.15, -0.1) is 0 Å². The van der Waals surface area contributed by atoms with Gasteiger partial charge in [0.2, 0.25) is 0 Å². The molecular weight excluding hydrogens is 442 g/mol. The molecule has 0 saturated carbocycles. The number of nitrogens with zero attached hydrogens (tertiary/aromatic N) is 2. The molecule has 5 rings (SSSR count). The maximum Gasteiger partial charge on any atom is 0.331 e. The van der Waals surface area contributed by atoms with E-state index < -0.39 is 17.8 Å². The molecule has 1 fully saturated rings. The smallest absolute Gasteiger partial charge is 0.331 e. The van der Waals surface area contributed by atoms with Crippen molar-refractivity contribution in [2.45, 2.75) is 13.1 Å². The monoisotopic (exact) mass is 465 g/mol. The van der Waals surface area contributed by atoms with Crippen LogP contribution < -0.4 is 10.1 Å². The number of methoxy groups -OCH3 is 1. The van der Waals surface area contributed by atoms with Crippen molar-refractivity contribution in [3.63, 3.8) is 0 Å². The number of urea groups is 1. The van der Waals surface area contributed by atoms with Crippen molar-refractivity contribution in [3.8, 4) is 5.75 Å². The van der Waals surface area contributed by atoms with E-state index >= 15 is 0 Å². The molecule has 1 aliphatic rings. The summed E-state index contributed by atoms with van der Waals surface area (Å²) in [6, 6.07) is 24.2. The lowest BCUT2D eigenvalue weighted by Crippen LogP contribution is -2.53. The van der Waals surface area contributed by atoms with Crippen molar-refractivity contribution in [1.29, 1.82) is 0 Å². The van der Waals surface area contributed by atoms with Crippen LogP contribution in [0.15, 0.2) is 90.6 Å². The summed E-state index contributed by atoms with van der Waals surface area (Å²) in [6.07, 6.45) is 3.49. The normalized spacial score (nSPS) is 15.1. The van der Waals surface area contributed by atoms with Crippen LogP contribution in [0.1, 0.15) is 16.7 Å². The van der Waals surface area contributed by atoms with Gasteiger partial charge in [-0.3, -0.25) is 19.8 Å². The molecule has 7 nitrogen and oxygen atoms in total. The fraction of sp³-hybridized carbons (Fsp3) is 0.107. The van der Waals surface area contributed by atoms with Crippen molar-refractivity contribution in [3.05, 3.63) is 107 Å². The minimum atomic E-state index is -0.737. The molecule has 1 saturated heterocycles. The number of benzene rings is 3. The highest BCUT2D eigenvalue weighted by Gasteiger charge is 2.35. The van der Waals surface area contributed by atoms with Gasteiger partial charge in [0.15, 0.2) is 0 Å². The first-order valence-electron chi connectivity index (χ1n) is 11.2. The number of rotatable bonds is 6. The largest absolute Gasteiger partial charge is 0.497 e. The molecule has 0 spiro atoms. The molecule has 2 heterocycles. The third-order valence-corrected chi connectivity index (χ3v) is 6.00. The molecule has 7 heteroatoms. The van der Waals surface area contributed by atoms with Crippen LogP contribution in [0.4, 0.5) is 4.79 Å². The molecule has 0 aliphatic carbocycles. The summed E-state index contributed by atoms with van der Waals surface area (Å²) < 4.78 is 7.24. The maximum atomic E-state index is 13.3. The number of barbiturate groups is 1. The van der Waals surface area contributed by atoms with Crippen LogP contribution in [0.3, 0.4) is 0 Å². The Morgan fingerprint density at radius 3 is 2.26 bits per heavy atom. The van der Waals surface area contributed by atoms with Gasteiger partial charge in [0, 0.05) is 29.2 Å². The van der Waals surface area contributed by atoms with Crippen LogP contribution in [0, 0.1) is 0 Å². The fourth-order valence-electron chi connectivity index (χ4n) is 4.21. The van der Waals surface area contributed by atoms with E-state index in [0.717, 1.165) is 32.5 Å². The van der Waals surface area contributed by atoms with Crippen LogP contribution in [0.25, 0.3) is 17.0 Å². The summed E-state index contributed by atoms with van der Waals surface area (Å²) in [6.45, 7) is 0.682. The number of amides is 4. The zero-order valence-corrected chi connectivity index (χ0v) is 19.1. The van der Waals surface area contributed by atoms with Crippen molar-refractivity contribution < 1.29 is 19.1 Å². The topological polar surface area (TPSA) is 80.6 Å². The Labute approximate surface area is 202 Å². The molecule has 0 unspecified atom stereocenters. The van der Waals surface area contributed by atoms with Crippen molar-refractivity contribution in [1.82, 2.24) is 14.8 Å². The summed E-state index contributed by atoms with van der Waals surface area (Å²) in [5.41, 5.74) is 3.50. The van der Waals surface area contributed by atoms with Crippen molar-refractivity contribution >= 4 is 34.8 Å². The minimum absolute atomic E-state index is 0.0368. The van der Waals surface area contributed by atoms with E-state index in [-0.39, 0.29) is 12.1 Å². The molecule has 0 radical (unpaired) electrons. The van der Waals surface area contributed by atoms with E-state index in [1.807, 2.05) is 60.8 Å². The van der Waals surface area contributed by atoms with Gasteiger partial charge in [-0.2, -0.15) is 0 Å². The van der Waals surface area contributed by atoms with Gasteiger partial charge in [-0.05, 0) is 35.4 Å². The van der Waals surface area contributed by atoms with Gasteiger partial charge in [-0.25, -0.2) is 4.79 Å². The van der Waals surface area contributed by atoms with E-state index in [4.69, 9.17) is 4.74 Å². The molecule has 0 bridgehead atoms. The third-order valence-electron chi connectivity index (χ3n) is 6.00. The molecule has 3 aromatic carbocycles. The molecule has 1 aliphatic heterocycles. The zero-order valence-electron chi connectivity index (χ0n) is 19.1. The average molecular weight is 466 g/mol. The number of hydrogen-bond acceptors (Lipinski definition) is 4. The second kappa shape index (κ2) is 9.30. The number of aromatic nitrogens is 1. The van der Waals surface area contributed by atoms with Gasteiger partial charge in [0.05, 0.1) is 13.7 Å². The zero-order chi connectivity index (χ0) is 24.4. The number of carbonyl (C=O) groups is 3. The van der Waals surface area contributed by atoms with E-state index in [0.29, 0.717) is 12.3 Å². The summed E-state index contributed by atoms with van der Waals surface area (Å²) in [5.74, 6) is -0.661. The molecule has 4 amide bonds. The predicted molar refractivity (Wildman–Crippen MR) is 133 cm³/mol. The third kappa shape index (κ3) is 4.44. The molecular formula is C28H23N3O4. The Hall–Kier alpha value is -4.65. The van der Waals surface area contributed by atoms with Gasteiger partial charge in [0.25, 0.3) is 11.8 Å². The number of hydrogen-bond donors (Lipinski definition) is 1. The van der Waals surface area contributed by atoms with Crippen LogP contribution >= 0.6 is 0 Å². The molecule has 1 N–H and O–H groups in total. The van der Waals surface area contributed by atoms with E-state index in [2.05, 4.69) is 9.88 Å². The van der Waals surface area contributed by atoms with Gasteiger partial charge in [-0.1, -0.05) is 60.7 Å². The van der Waals surface area contributed by atoms with Crippen molar-refractivity contribution in [2.24, 2.45) is 0 Å². The minimum Gasteiger partial charge on any atom is -0.497 e. The van der Waals surface area contributed by atoms with Crippen molar-refractivity contribution in [2.75, 3.05) is 7.11 Å². The highest BCUT2D eigenvalue weighted by molar-refractivity contribution is 6.31. The van der Waals surface area contributed by atoms with Gasteiger partial charge in [0.1, 0.15) is 11.3 Å². The Balaban J connectivity index is 1.49. The lowest BCUT2D eigenvalue weighted by molar-refractivity contribution is -0.130. The first-order valence-corrected chi connectivity index (χ1v) is 11.2. The SMILES string of the molecule is COc1ccc(CN2C(=O)NC(=O)/C(=C/c3cn(Cc4ccccc4)c4ccccc34)C2=O)cc1. The standard InChI is InChI=1S/C28H23N3O4/c1-35-22-13-11-20(12-14-22)17-31-27(33)24(26(32)29-28(31)34)15-21-18-30(16-19-7-3-2-4-8-19)25-10-6-5-9-23(21)25/h2-15,18H,16-17H2,1H3,(H,29,32,34)/b24-15-. The lowest BCUT2D eigenvalue weighted by Gasteiger charge is -2.26. The van der Waals surface area contributed by atoms with E-state index in [1.165, 1.54) is 0 Å². The lowest BCUT2D eigenvalue weighted by atomic mass is 10.1. The van der Waals surface area contributed by atoms with E-state index in [9.17, 15) is 14.4 Å². The molecule has 4 aromatic rings. The van der Waals surface area contributed by atoms with Crippen LogP contribution in [-0.2, 0) is 22.7 Å². The summed E-state index contributed by atoms with van der Waals surface area (Å²) in [7, 11) is 1.57. The molecule has 174 valence electrons. The average Bonchev–Trinajstić information content (AvgIpc) is 3.22. The molecule has 0 atom stereocenters. The second-order valence-corrected chi connectivity index (χ2v) is 8.27. The number of nitrogens with one attached hydrogen (secondary N) is 1. The second-order valence-electron chi connectivity index (χ2n) is 8.27. The first kappa shape index (κ1) is 22.2. The summed E-state index contributed by atoms with van der Waals surface area (Å²) >= 11 is 0. The van der Waals surface area contributed by atoms with Crippen LogP contribution in [0.5, 0.6) is 5.75 Å². The number of imide groups is 2. The Bertz CT molecular complexity index is 1450.